The van der Waals surface area contributed by atoms with Gasteiger partial charge in [-0.1, -0.05) is 194 Å². The first-order valence-corrected chi connectivity index (χ1v) is 19.4. The number of benzene rings is 9. The first kappa shape index (κ1) is 32.2. The number of hydrogen-bond donors (Lipinski definition) is 0. The van der Waals surface area contributed by atoms with Crippen molar-refractivity contribution in [2.24, 2.45) is 0 Å². The highest BCUT2D eigenvalue weighted by atomic mass is 15.1. The second-order valence-corrected chi connectivity index (χ2v) is 14.8. The molecule has 0 heterocycles. The zero-order chi connectivity index (χ0) is 37.1. The molecule has 0 unspecified atom stereocenters. The minimum Gasteiger partial charge on any atom is -0.310 e. The molecule has 0 amide bonds. The van der Waals surface area contributed by atoms with Gasteiger partial charge in [0.25, 0.3) is 0 Å². The summed E-state index contributed by atoms with van der Waals surface area (Å²) in [4.78, 5) is 2.47. The second kappa shape index (κ2) is 13.0. The zero-order valence-corrected chi connectivity index (χ0v) is 30.8. The van der Waals surface area contributed by atoms with Crippen molar-refractivity contribution in [3.05, 3.63) is 247 Å². The standard InChI is InChI=1S/C55H37N/c1-4-19-38(20-5-1)42-25-10-11-29-47(42)54-43(39-21-6-2-7-22-39)30-18-34-53(54)56(40-23-8-3-9-24-40)41-35-36-52-48(37-41)46-28-14-17-33-51(46)55(52)49-31-15-12-26-44(49)45-27-13-16-32-50(45)55/h1-37H. The van der Waals surface area contributed by atoms with E-state index in [1.807, 2.05) is 0 Å². The third kappa shape index (κ3) is 4.74. The van der Waals surface area contributed by atoms with E-state index in [4.69, 9.17) is 0 Å². The van der Waals surface area contributed by atoms with Gasteiger partial charge in [-0.05, 0) is 103 Å². The number of anilines is 3. The van der Waals surface area contributed by atoms with Crippen LogP contribution in [0.3, 0.4) is 0 Å². The second-order valence-electron chi connectivity index (χ2n) is 14.8. The molecular formula is C55H37N. The fourth-order valence-electron chi connectivity index (χ4n) is 9.67. The number of para-hydroxylation sites is 1. The zero-order valence-electron chi connectivity index (χ0n) is 30.8. The maximum Gasteiger partial charge on any atom is 0.0725 e. The van der Waals surface area contributed by atoms with E-state index in [1.54, 1.807) is 0 Å². The molecule has 0 saturated heterocycles. The molecule has 1 heteroatoms. The van der Waals surface area contributed by atoms with Gasteiger partial charge in [-0.3, -0.25) is 0 Å². The molecule has 0 aromatic heterocycles. The Bertz CT molecular complexity index is 2860. The monoisotopic (exact) mass is 711 g/mol. The SMILES string of the molecule is c1ccc(-c2ccccc2-c2c(-c3ccccc3)cccc2N(c2ccccc2)c2ccc3c(c2)-c2ccccc2C32c3ccccc3-c3ccccc32)cc1. The van der Waals surface area contributed by atoms with Gasteiger partial charge < -0.3 is 4.90 Å². The molecule has 0 fully saturated rings. The van der Waals surface area contributed by atoms with Gasteiger partial charge in [-0.25, -0.2) is 0 Å². The van der Waals surface area contributed by atoms with E-state index in [9.17, 15) is 0 Å². The molecule has 1 nitrogen and oxygen atoms in total. The summed E-state index contributed by atoms with van der Waals surface area (Å²) in [5.41, 5.74) is 20.7. The minimum absolute atomic E-state index is 0.387. The summed E-state index contributed by atoms with van der Waals surface area (Å²) >= 11 is 0. The third-order valence-electron chi connectivity index (χ3n) is 11.9. The molecule has 0 aliphatic heterocycles. The van der Waals surface area contributed by atoms with Crippen molar-refractivity contribution >= 4 is 17.1 Å². The molecule has 0 atom stereocenters. The molecule has 9 aromatic carbocycles. The van der Waals surface area contributed by atoms with Crippen molar-refractivity contribution < 1.29 is 0 Å². The van der Waals surface area contributed by atoms with Crippen LogP contribution in [-0.2, 0) is 5.41 Å². The van der Waals surface area contributed by atoms with Crippen LogP contribution in [-0.4, -0.2) is 0 Å². The van der Waals surface area contributed by atoms with Crippen LogP contribution in [0, 0.1) is 0 Å². The van der Waals surface area contributed by atoms with Gasteiger partial charge in [-0.2, -0.15) is 0 Å². The van der Waals surface area contributed by atoms with Crippen molar-refractivity contribution in [1.29, 1.82) is 0 Å². The average molecular weight is 712 g/mol. The maximum absolute atomic E-state index is 2.47. The lowest BCUT2D eigenvalue weighted by atomic mass is 9.70. The van der Waals surface area contributed by atoms with Crippen molar-refractivity contribution in [2.45, 2.75) is 5.41 Å². The third-order valence-corrected chi connectivity index (χ3v) is 11.9. The van der Waals surface area contributed by atoms with Crippen LogP contribution < -0.4 is 4.90 Å². The highest BCUT2D eigenvalue weighted by Gasteiger charge is 2.51. The smallest absolute Gasteiger partial charge is 0.0725 e. The van der Waals surface area contributed by atoms with E-state index < -0.39 is 0 Å². The van der Waals surface area contributed by atoms with Gasteiger partial charge in [0, 0.05) is 16.9 Å². The summed E-state index contributed by atoms with van der Waals surface area (Å²) in [7, 11) is 0. The summed E-state index contributed by atoms with van der Waals surface area (Å²) < 4.78 is 0. The lowest BCUT2D eigenvalue weighted by Gasteiger charge is -2.32. The lowest BCUT2D eigenvalue weighted by molar-refractivity contribution is 0.794. The maximum atomic E-state index is 2.47. The molecule has 0 bridgehead atoms. The van der Waals surface area contributed by atoms with Gasteiger partial charge in [0.05, 0.1) is 11.1 Å². The minimum atomic E-state index is -0.387. The van der Waals surface area contributed by atoms with Crippen LogP contribution in [0.2, 0.25) is 0 Å². The Hall–Kier alpha value is -7.22. The highest BCUT2D eigenvalue weighted by molar-refractivity contribution is 6.02. The van der Waals surface area contributed by atoms with Crippen molar-refractivity contribution in [2.75, 3.05) is 4.90 Å². The van der Waals surface area contributed by atoms with E-state index in [0.29, 0.717) is 0 Å². The van der Waals surface area contributed by atoms with E-state index >= 15 is 0 Å². The summed E-state index contributed by atoms with van der Waals surface area (Å²) in [6, 6.07) is 82.4. The van der Waals surface area contributed by atoms with Gasteiger partial charge >= 0.3 is 0 Å². The normalized spacial score (nSPS) is 12.8. The molecule has 0 saturated carbocycles. The number of nitrogens with zero attached hydrogens (tertiary/aromatic N) is 1. The van der Waals surface area contributed by atoms with Crippen LogP contribution in [0.4, 0.5) is 17.1 Å². The Morgan fingerprint density at radius 3 is 1.29 bits per heavy atom. The molecule has 2 aliphatic rings. The topological polar surface area (TPSA) is 3.24 Å². The molecule has 11 rings (SSSR count). The number of hydrogen-bond acceptors (Lipinski definition) is 1. The average Bonchev–Trinajstić information content (AvgIpc) is 3.74. The van der Waals surface area contributed by atoms with Crippen molar-refractivity contribution in [1.82, 2.24) is 0 Å². The summed E-state index contributed by atoms with van der Waals surface area (Å²) in [5.74, 6) is 0. The molecule has 2 aliphatic carbocycles. The molecule has 9 aromatic rings. The number of rotatable bonds is 6. The highest BCUT2D eigenvalue weighted by Crippen LogP contribution is 2.63. The van der Waals surface area contributed by atoms with Crippen LogP contribution in [0.5, 0.6) is 0 Å². The van der Waals surface area contributed by atoms with E-state index in [1.165, 1.54) is 77.9 Å². The summed E-state index contributed by atoms with van der Waals surface area (Å²) in [5, 5.41) is 0. The first-order chi connectivity index (χ1) is 27.8. The van der Waals surface area contributed by atoms with E-state index in [-0.39, 0.29) is 5.41 Å². The van der Waals surface area contributed by atoms with Crippen LogP contribution >= 0.6 is 0 Å². The predicted octanol–water partition coefficient (Wildman–Crippen LogP) is 14.5. The van der Waals surface area contributed by atoms with Gasteiger partial charge in [0.2, 0.25) is 0 Å². The number of fused-ring (bicyclic) bond motifs is 10. The first-order valence-electron chi connectivity index (χ1n) is 19.4. The van der Waals surface area contributed by atoms with Gasteiger partial charge in [-0.15, -0.1) is 0 Å². The molecular weight excluding hydrogens is 675 g/mol. The Kier molecular flexibility index (Phi) is 7.47. The van der Waals surface area contributed by atoms with Crippen LogP contribution in [0.25, 0.3) is 55.6 Å². The Morgan fingerprint density at radius 2 is 0.696 bits per heavy atom. The molecule has 1 spiro atoms. The largest absolute Gasteiger partial charge is 0.310 e. The van der Waals surface area contributed by atoms with E-state index in [0.717, 1.165) is 17.1 Å². The van der Waals surface area contributed by atoms with Crippen LogP contribution in [0.15, 0.2) is 224 Å². The summed E-state index contributed by atoms with van der Waals surface area (Å²) in [6.45, 7) is 0. The van der Waals surface area contributed by atoms with E-state index in [2.05, 4.69) is 229 Å². The van der Waals surface area contributed by atoms with Crippen LogP contribution in [0.1, 0.15) is 22.3 Å². The lowest BCUT2D eigenvalue weighted by Crippen LogP contribution is -2.25. The molecule has 0 N–H and O–H groups in total. The van der Waals surface area contributed by atoms with Crippen molar-refractivity contribution in [3.8, 4) is 55.6 Å². The molecule has 56 heavy (non-hydrogen) atoms. The van der Waals surface area contributed by atoms with Gasteiger partial charge in [0.15, 0.2) is 0 Å². The predicted molar refractivity (Wildman–Crippen MR) is 234 cm³/mol. The Labute approximate surface area is 328 Å². The summed E-state index contributed by atoms with van der Waals surface area (Å²) in [6.07, 6.45) is 0. The Morgan fingerprint density at radius 1 is 0.268 bits per heavy atom. The quantitative estimate of drug-likeness (QED) is 0.166. The fraction of sp³-hybridized carbons (Fsp3) is 0.0182. The Balaban J connectivity index is 1.19. The molecule has 262 valence electrons. The van der Waals surface area contributed by atoms with Gasteiger partial charge in [0.1, 0.15) is 0 Å². The van der Waals surface area contributed by atoms with Crippen molar-refractivity contribution in [3.63, 3.8) is 0 Å². The fourth-order valence-corrected chi connectivity index (χ4v) is 9.67. The molecule has 0 radical (unpaired) electrons.